The molecule has 1 aromatic carbocycles. The first-order chi connectivity index (χ1) is 13.5. The Balaban J connectivity index is 1.58. The highest BCUT2D eigenvalue weighted by Crippen LogP contribution is 2.25. The van der Waals surface area contributed by atoms with Crippen LogP contribution in [-0.2, 0) is 29.0 Å². The van der Waals surface area contributed by atoms with Gasteiger partial charge in [-0.2, -0.15) is 0 Å². The lowest BCUT2D eigenvalue weighted by Crippen LogP contribution is -2.51. The zero-order valence-corrected chi connectivity index (χ0v) is 17.0. The van der Waals surface area contributed by atoms with Gasteiger partial charge in [-0.25, -0.2) is 0 Å². The van der Waals surface area contributed by atoms with Crippen LogP contribution in [0.3, 0.4) is 0 Å². The Morgan fingerprint density at radius 1 is 1.25 bits per heavy atom. The lowest BCUT2D eigenvalue weighted by atomic mass is 10.0. The summed E-state index contributed by atoms with van der Waals surface area (Å²) in [5, 5.41) is 6.17. The fourth-order valence-electron chi connectivity index (χ4n) is 3.72. The first-order valence-electron chi connectivity index (χ1n) is 9.72. The smallest absolute Gasteiger partial charge is 0.245 e. The number of aromatic amines is 1. The number of rotatable bonds is 5. The van der Waals surface area contributed by atoms with E-state index in [1.54, 1.807) is 11.3 Å². The molecule has 1 aliphatic rings. The van der Waals surface area contributed by atoms with E-state index in [1.165, 1.54) is 10.4 Å². The standard InChI is InChI=1S/C22H25N3O2S/c1-14(2)21(26)24-19(11-16-12-23-18-6-4-3-5-17(16)18)22(27)25-9-7-20-15(13-25)8-10-28-20/h3-6,8,10,12,14,19,23H,7,9,11,13H2,1-2H3,(H,24,26). The van der Waals surface area contributed by atoms with Gasteiger partial charge in [0.1, 0.15) is 6.04 Å². The molecular formula is C22H25N3O2S. The molecule has 6 heteroatoms. The van der Waals surface area contributed by atoms with Gasteiger partial charge in [-0.3, -0.25) is 9.59 Å². The lowest BCUT2D eigenvalue weighted by molar-refractivity contribution is -0.137. The molecule has 0 radical (unpaired) electrons. The van der Waals surface area contributed by atoms with Gasteiger partial charge in [-0.1, -0.05) is 32.0 Å². The van der Waals surface area contributed by atoms with Crippen molar-refractivity contribution >= 4 is 34.1 Å². The molecule has 0 aliphatic carbocycles. The molecule has 1 unspecified atom stereocenters. The summed E-state index contributed by atoms with van der Waals surface area (Å²) in [6.45, 7) is 5.02. The first kappa shape index (κ1) is 18.7. The Bertz CT molecular complexity index is 1000. The topological polar surface area (TPSA) is 65.2 Å². The highest BCUT2D eigenvalue weighted by Gasteiger charge is 2.30. The molecule has 0 saturated heterocycles. The molecule has 0 saturated carbocycles. The van der Waals surface area contributed by atoms with Crippen LogP contribution in [0, 0.1) is 5.92 Å². The molecule has 28 heavy (non-hydrogen) atoms. The van der Waals surface area contributed by atoms with Crippen molar-refractivity contribution in [2.45, 2.75) is 39.3 Å². The van der Waals surface area contributed by atoms with Gasteiger partial charge in [0, 0.05) is 47.4 Å². The predicted molar refractivity (Wildman–Crippen MR) is 112 cm³/mol. The molecule has 2 amide bonds. The van der Waals surface area contributed by atoms with Crippen molar-refractivity contribution in [3.8, 4) is 0 Å². The van der Waals surface area contributed by atoms with Crippen molar-refractivity contribution in [2.24, 2.45) is 5.92 Å². The van der Waals surface area contributed by atoms with Crippen molar-refractivity contribution < 1.29 is 9.59 Å². The first-order valence-corrected chi connectivity index (χ1v) is 10.6. The molecule has 2 N–H and O–H groups in total. The summed E-state index contributed by atoms with van der Waals surface area (Å²) in [4.78, 5) is 32.3. The van der Waals surface area contributed by atoms with Crippen LogP contribution in [0.2, 0.25) is 0 Å². The van der Waals surface area contributed by atoms with Crippen LogP contribution < -0.4 is 5.32 Å². The SMILES string of the molecule is CC(C)C(=O)NC(Cc1c[nH]c2ccccc12)C(=O)N1CCc2sccc2C1. The second-order valence-corrected chi connectivity index (χ2v) is 8.66. The fourth-order valence-corrected chi connectivity index (χ4v) is 4.61. The van der Waals surface area contributed by atoms with Gasteiger partial charge in [-0.05, 0) is 35.1 Å². The van der Waals surface area contributed by atoms with Crippen LogP contribution >= 0.6 is 11.3 Å². The Kier molecular flexibility index (Phi) is 5.22. The largest absolute Gasteiger partial charge is 0.361 e. The summed E-state index contributed by atoms with van der Waals surface area (Å²) in [6.07, 6.45) is 3.31. The normalized spacial score (nSPS) is 14.9. The number of hydrogen-bond acceptors (Lipinski definition) is 3. The third kappa shape index (κ3) is 3.69. The average Bonchev–Trinajstić information content (AvgIpc) is 3.33. The average molecular weight is 396 g/mol. The number of nitrogens with one attached hydrogen (secondary N) is 2. The molecular weight excluding hydrogens is 370 g/mol. The number of thiophene rings is 1. The molecule has 0 bridgehead atoms. The molecule has 146 valence electrons. The van der Waals surface area contributed by atoms with Crippen molar-refractivity contribution in [1.82, 2.24) is 15.2 Å². The molecule has 0 fully saturated rings. The Morgan fingerprint density at radius 3 is 2.89 bits per heavy atom. The highest BCUT2D eigenvalue weighted by molar-refractivity contribution is 7.10. The number of aromatic nitrogens is 1. The number of benzene rings is 1. The quantitative estimate of drug-likeness (QED) is 0.694. The van der Waals surface area contributed by atoms with Crippen LogP contribution in [-0.4, -0.2) is 34.3 Å². The van der Waals surface area contributed by atoms with E-state index in [-0.39, 0.29) is 17.7 Å². The van der Waals surface area contributed by atoms with E-state index in [2.05, 4.69) is 21.7 Å². The van der Waals surface area contributed by atoms with E-state index in [1.807, 2.05) is 49.2 Å². The van der Waals surface area contributed by atoms with Gasteiger partial charge in [0.05, 0.1) is 0 Å². The molecule has 0 spiro atoms. The van der Waals surface area contributed by atoms with Gasteiger partial charge in [0.2, 0.25) is 11.8 Å². The van der Waals surface area contributed by atoms with E-state index >= 15 is 0 Å². The number of hydrogen-bond donors (Lipinski definition) is 2. The third-order valence-electron chi connectivity index (χ3n) is 5.36. The number of carbonyl (C=O) groups excluding carboxylic acids is 2. The lowest BCUT2D eigenvalue weighted by Gasteiger charge is -2.31. The van der Waals surface area contributed by atoms with Crippen LogP contribution in [0.25, 0.3) is 10.9 Å². The van der Waals surface area contributed by atoms with E-state index in [0.717, 1.165) is 22.9 Å². The zero-order chi connectivity index (χ0) is 19.7. The Morgan fingerprint density at radius 2 is 2.07 bits per heavy atom. The van der Waals surface area contributed by atoms with Gasteiger partial charge in [0.15, 0.2) is 0 Å². The maximum Gasteiger partial charge on any atom is 0.245 e. The fraction of sp³-hybridized carbons (Fsp3) is 0.364. The Labute approximate surface area is 168 Å². The summed E-state index contributed by atoms with van der Waals surface area (Å²) in [5.41, 5.74) is 3.32. The number of H-pyrrole nitrogens is 1. The molecule has 3 heterocycles. The number of fused-ring (bicyclic) bond motifs is 2. The second kappa shape index (κ2) is 7.80. The van der Waals surface area contributed by atoms with Gasteiger partial charge >= 0.3 is 0 Å². The monoisotopic (exact) mass is 395 g/mol. The van der Waals surface area contributed by atoms with Crippen molar-refractivity contribution in [1.29, 1.82) is 0 Å². The minimum absolute atomic E-state index is 0.00358. The van der Waals surface area contributed by atoms with E-state index < -0.39 is 6.04 Å². The minimum Gasteiger partial charge on any atom is -0.361 e. The number of nitrogens with zero attached hydrogens (tertiary/aromatic N) is 1. The third-order valence-corrected chi connectivity index (χ3v) is 6.38. The molecule has 1 atom stereocenters. The maximum atomic E-state index is 13.4. The van der Waals surface area contributed by atoms with Crippen LogP contribution in [0.4, 0.5) is 0 Å². The van der Waals surface area contributed by atoms with Crippen molar-refractivity contribution in [2.75, 3.05) is 6.54 Å². The van der Waals surface area contributed by atoms with Gasteiger partial charge in [-0.15, -0.1) is 11.3 Å². The maximum absolute atomic E-state index is 13.4. The van der Waals surface area contributed by atoms with Gasteiger partial charge in [0.25, 0.3) is 0 Å². The number of carbonyl (C=O) groups is 2. The molecule has 4 rings (SSSR count). The summed E-state index contributed by atoms with van der Waals surface area (Å²) < 4.78 is 0. The van der Waals surface area contributed by atoms with Crippen LogP contribution in [0.5, 0.6) is 0 Å². The van der Waals surface area contributed by atoms with Crippen LogP contribution in [0.15, 0.2) is 41.9 Å². The van der Waals surface area contributed by atoms with E-state index in [4.69, 9.17) is 0 Å². The van der Waals surface area contributed by atoms with Crippen LogP contribution in [0.1, 0.15) is 29.9 Å². The predicted octanol–water partition coefficient (Wildman–Crippen LogP) is 3.50. The molecule has 2 aromatic heterocycles. The minimum atomic E-state index is -0.561. The number of para-hydroxylation sites is 1. The van der Waals surface area contributed by atoms with E-state index in [0.29, 0.717) is 19.5 Å². The Hall–Kier alpha value is -2.60. The van der Waals surface area contributed by atoms with Gasteiger partial charge < -0.3 is 15.2 Å². The summed E-state index contributed by atoms with van der Waals surface area (Å²) in [5.74, 6) is -0.259. The van der Waals surface area contributed by atoms with Crippen molar-refractivity contribution in [3.63, 3.8) is 0 Å². The molecule has 5 nitrogen and oxygen atoms in total. The molecule has 3 aromatic rings. The zero-order valence-electron chi connectivity index (χ0n) is 16.2. The van der Waals surface area contributed by atoms with Crippen molar-refractivity contribution in [3.05, 3.63) is 57.9 Å². The number of amides is 2. The summed E-state index contributed by atoms with van der Waals surface area (Å²) in [6, 6.07) is 9.58. The van der Waals surface area contributed by atoms with E-state index in [9.17, 15) is 9.59 Å². The molecule has 1 aliphatic heterocycles. The highest BCUT2D eigenvalue weighted by atomic mass is 32.1. The summed E-state index contributed by atoms with van der Waals surface area (Å²) in [7, 11) is 0. The second-order valence-electron chi connectivity index (χ2n) is 7.66. The summed E-state index contributed by atoms with van der Waals surface area (Å²) >= 11 is 1.76.